The summed E-state index contributed by atoms with van der Waals surface area (Å²) in [4.78, 5) is 11.9. The summed E-state index contributed by atoms with van der Waals surface area (Å²) < 4.78 is 0. The van der Waals surface area contributed by atoms with Crippen LogP contribution in [0.3, 0.4) is 0 Å². The lowest BCUT2D eigenvalue weighted by molar-refractivity contribution is -0.118. The van der Waals surface area contributed by atoms with Crippen LogP contribution in [0.2, 0.25) is 0 Å². The van der Waals surface area contributed by atoms with Gasteiger partial charge in [0, 0.05) is 30.3 Å². The summed E-state index contributed by atoms with van der Waals surface area (Å²) >= 11 is 0. The topological polar surface area (TPSA) is 55.1 Å². The van der Waals surface area contributed by atoms with Gasteiger partial charge in [0.25, 0.3) is 0 Å². The monoisotopic (exact) mass is 292 g/mol. The Morgan fingerprint density at radius 1 is 1.14 bits per heavy atom. The van der Waals surface area contributed by atoms with E-state index < -0.39 is 0 Å². The highest BCUT2D eigenvalue weighted by Crippen LogP contribution is 2.28. The van der Waals surface area contributed by atoms with Crippen LogP contribution in [0.25, 0.3) is 12.2 Å². The standard InChI is InChI=1S/C19H20N2O/c1-13-11-18(22)12-16-4-2-3-15(19(16)21-13)8-5-14-6-9-17(20)10-7-14/h2-10,13,21H,11-12,20H2,1H3/b8-5+/t13-/m1/s1. The summed E-state index contributed by atoms with van der Waals surface area (Å²) in [6.45, 7) is 2.05. The van der Waals surface area contributed by atoms with Crippen molar-refractivity contribution in [1.82, 2.24) is 0 Å². The third-order valence-corrected chi connectivity index (χ3v) is 3.89. The van der Waals surface area contributed by atoms with Gasteiger partial charge >= 0.3 is 0 Å². The Hall–Kier alpha value is -2.55. The Morgan fingerprint density at radius 3 is 2.68 bits per heavy atom. The minimum absolute atomic E-state index is 0.167. The molecule has 112 valence electrons. The molecular weight excluding hydrogens is 272 g/mol. The summed E-state index contributed by atoms with van der Waals surface area (Å²) in [5, 5.41) is 3.47. The largest absolute Gasteiger partial charge is 0.399 e. The van der Waals surface area contributed by atoms with Crippen molar-refractivity contribution in [1.29, 1.82) is 0 Å². The van der Waals surface area contributed by atoms with Crippen LogP contribution in [0.15, 0.2) is 42.5 Å². The molecule has 3 N–H and O–H groups in total. The first-order chi connectivity index (χ1) is 10.6. The number of nitrogens with two attached hydrogens (primary N) is 1. The number of Topliss-reactive ketones (excluding diaryl/α,β-unsaturated/α-hetero) is 1. The molecule has 0 fully saturated rings. The number of carbonyl (C=O) groups excluding carboxylic acids is 1. The molecule has 22 heavy (non-hydrogen) atoms. The first kappa shape index (κ1) is 14.4. The molecule has 1 atom stereocenters. The Kier molecular flexibility index (Phi) is 3.96. The minimum atomic E-state index is 0.167. The molecule has 0 unspecified atom stereocenters. The molecule has 0 saturated carbocycles. The van der Waals surface area contributed by atoms with Gasteiger partial charge in [-0.15, -0.1) is 0 Å². The molecule has 0 spiro atoms. The van der Waals surface area contributed by atoms with Gasteiger partial charge in [-0.05, 0) is 35.7 Å². The maximum Gasteiger partial charge on any atom is 0.139 e. The zero-order valence-corrected chi connectivity index (χ0v) is 12.7. The third kappa shape index (κ3) is 3.19. The molecule has 0 amide bonds. The number of nitrogen functional groups attached to an aromatic ring is 1. The van der Waals surface area contributed by atoms with Crippen molar-refractivity contribution in [3.8, 4) is 0 Å². The maximum atomic E-state index is 11.9. The highest BCUT2D eigenvalue weighted by atomic mass is 16.1. The maximum absolute atomic E-state index is 11.9. The highest BCUT2D eigenvalue weighted by molar-refractivity contribution is 5.88. The van der Waals surface area contributed by atoms with Crippen molar-refractivity contribution in [3.63, 3.8) is 0 Å². The number of anilines is 2. The number of hydrogen-bond donors (Lipinski definition) is 2. The number of ketones is 1. The second-order valence-corrected chi connectivity index (χ2v) is 5.85. The molecule has 3 heteroatoms. The average Bonchev–Trinajstić information content (AvgIpc) is 2.63. The van der Waals surface area contributed by atoms with Gasteiger partial charge in [-0.3, -0.25) is 4.79 Å². The van der Waals surface area contributed by atoms with E-state index >= 15 is 0 Å². The van der Waals surface area contributed by atoms with Crippen molar-refractivity contribution in [2.45, 2.75) is 25.8 Å². The van der Waals surface area contributed by atoms with E-state index in [9.17, 15) is 4.79 Å². The lowest BCUT2D eigenvalue weighted by atomic mass is 10.0. The predicted molar refractivity (Wildman–Crippen MR) is 92.6 cm³/mol. The molecule has 1 heterocycles. The van der Waals surface area contributed by atoms with Gasteiger partial charge in [0.2, 0.25) is 0 Å². The van der Waals surface area contributed by atoms with Crippen LogP contribution in [0.4, 0.5) is 11.4 Å². The van der Waals surface area contributed by atoms with Crippen LogP contribution in [0.5, 0.6) is 0 Å². The summed E-state index contributed by atoms with van der Waals surface area (Å²) in [6, 6.07) is 14.0. The Morgan fingerprint density at radius 2 is 1.91 bits per heavy atom. The number of benzene rings is 2. The lowest BCUT2D eigenvalue weighted by Crippen LogP contribution is -2.17. The molecule has 0 aromatic heterocycles. The summed E-state index contributed by atoms with van der Waals surface area (Å²) in [6.07, 6.45) is 5.24. The van der Waals surface area contributed by atoms with Crippen LogP contribution in [0, 0.1) is 0 Å². The molecule has 3 nitrogen and oxygen atoms in total. The SMILES string of the molecule is C[C@@H]1CC(=O)Cc2cccc(/C=C/c3ccc(N)cc3)c2N1. The van der Waals surface area contributed by atoms with Gasteiger partial charge in [0.15, 0.2) is 0 Å². The first-order valence-electron chi connectivity index (χ1n) is 7.55. The van der Waals surface area contributed by atoms with Crippen LogP contribution in [0.1, 0.15) is 30.0 Å². The van der Waals surface area contributed by atoms with Crippen LogP contribution >= 0.6 is 0 Å². The molecule has 2 aromatic carbocycles. The zero-order chi connectivity index (χ0) is 15.5. The van der Waals surface area contributed by atoms with E-state index in [1.807, 2.05) is 43.3 Å². The van der Waals surface area contributed by atoms with E-state index in [0.717, 1.165) is 28.1 Å². The fraction of sp³-hybridized carbons (Fsp3) is 0.211. The lowest BCUT2D eigenvalue weighted by Gasteiger charge is -2.15. The van der Waals surface area contributed by atoms with Crippen molar-refractivity contribution in [2.75, 3.05) is 11.1 Å². The first-order valence-corrected chi connectivity index (χ1v) is 7.55. The van der Waals surface area contributed by atoms with E-state index in [1.165, 1.54) is 0 Å². The van der Waals surface area contributed by atoms with Gasteiger partial charge in [-0.1, -0.05) is 42.5 Å². The van der Waals surface area contributed by atoms with Crippen LogP contribution in [-0.2, 0) is 11.2 Å². The summed E-state index contributed by atoms with van der Waals surface area (Å²) in [5.41, 5.74) is 10.8. The van der Waals surface area contributed by atoms with Crippen LogP contribution < -0.4 is 11.1 Å². The molecule has 0 aliphatic carbocycles. The quantitative estimate of drug-likeness (QED) is 0.654. The second kappa shape index (κ2) is 6.06. The predicted octanol–water partition coefficient (Wildman–Crippen LogP) is 3.75. The van der Waals surface area contributed by atoms with E-state index in [1.54, 1.807) is 0 Å². The number of carbonyl (C=O) groups is 1. The molecular formula is C19H20N2O. The van der Waals surface area contributed by atoms with E-state index in [4.69, 9.17) is 5.73 Å². The second-order valence-electron chi connectivity index (χ2n) is 5.85. The van der Waals surface area contributed by atoms with Gasteiger partial charge in [-0.25, -0.2) is 0 Å². The van der Waals surface area contributed by atoms with Gasteiger partial charge in [0.1, 0.15) is 5.78 Å². The van der Waals surface area contributed by atoms with E-state index in [0.29, 0.717) is 18.6 Å². The molecule has 2 aromatic rings. The Balaban J connectivity index is 1.93. The van der Waals surface area contributed by atoms with E-state index in [2.05, 4.69) is 23.5 Å². The minimum Gasteiger partial charge on any atom is -0.399 e. The number of hydrogen-bond acceptors (Lipinski definition) is 3. The van der Waals surface area contributed by atoms with Crippen LogP contribution in [-0.4, -0.2) is 11.8 Å². The number of para-hydroxylation sites is 1. The smallest absolute Gasteiger partial charge is 0.139 e. The molecule has 1 aliphatic heterocycles. The molecule has 3 rings (SSSR count). The Bertz CT molecular complexity index is 717. The van der Waals surface area contributed by atoms with E-state index in [-0.39, 0.29) is 6.04 Å². The number of fused-ring (bicyclic) bond motifs is 1. The number of nitrogens with one attached hydrogen (secondary N) is 1. The normalized spacial score (nSPS) is 17.9. The molecule has 0 bridgehead atoms. The van der Waals surface area contributed by atoms with Crippen molar-refractivity contribution in [3.05, 3.63) is 59.2 Å². The van der Waals surface area contributed by atoms with Gasteiger partial charge in [0.05, 0.1) is 0 Å². The fourth-order valence-electron chi connectivity index (χ4n) is 2.80. The Labute approximate surface area is 130 Å². The fourth-order valence-corrected chi connectivity index (χ4v) is 2.80. The summed E-state index contributed by atoms with van der Waals surface area (Å²) in [5.74, 6) is 0.290. The molecule has 0 saturated heterocycles. The van der Waals surface area contributed by atoms with Crippen molar-refractivity contribution < 1.29 is 4.79 Å². The average molecular weight is 292 g/mol. The van der Waals surface area contributed by atoms with Gasteiger partial charge < -0.3 is 11.1 Å². The highest BCUT2D eigenvalue weighted by Gasteiger charge is 2.19. The molecule has 1 aliphatic rings. The van der Waals surface area contributed by atoms with Crippen molar-refractivity contribution >= 4 is 29.3 Å². The molecule has 0 radical (unpaired) electrons. The number of rotatable bonds is 2. The summed E-state index contributed by atoms with van der Waals surface area (Å²) in [7, 11) is 0. The van der Waals surface area contributed by atoms with Gasteiger partial charge in [-0.2, -0.15) is 0 Å². The third-order valence-electron chi connectivity index (χ3n) is 3.89. The zero-order valence-electron chi connectivity index (χ0n) is 12.7. The van der Waals surface area contributed by atoms with Crippen molar-refractivity contribution in [2.24, 2.45) is 0 Å².